The number of nitro benzene ring substituents is 1. The lowest BCUT2D eigenvalue weighted by Gasteiger charge is -2.03. The number of para-hydroxylation sites is 2. The molecule has 0 bridgehead atoms. The normalized spacial score (nSPS) is 9.43. The second-order valence-electron chi connectivity index (χ2n) is 2.53. The van der Waals surface area contributed by atoms with E-state index < -0.39 is 4.92 Å². The van der Waals surface area contributed by atoms with E-state index in [0.29, 0.717) is 6.29 Å². The van der Waals surface area contributed by atoms with Crippen LogP contribution in [-0.2, 0) is 4.79 Å². The van der Waals surface area contributed by atoms with Gasteiger partial charge in [-0.1, -0.05) is 12.1 Å². The molecule has 5 heteroatoms. The number of hydrogen-bond acceptors (Lipinski definition) is 4. The molecule has 0 unspecified atom stereocenters. The second-order valence-corrected chi connectivity index (χ2v) is 2.53. The van der Waals surface area contributed by atoms with Gasteiger partial charge in [0, 0.05) is 12.5 Å². The lowest BCUT2D eigenvalue weighted by atomic mass is 10.3. The number of ether oxygens (including phenoxy) is 1. The van der Waals surface area contributed by atoms with Gasteiger partial charge in [0.1, 0.15) is 6.29 Å². The van der Waals surface area contributed by atoms with Crippen LogP contribution in [-0.4, -0.2) is 17.8 Å². The van der Waals surface area contributed by atoms with Crippen molar-refractivity contribution in [3.8, 4) is 5.75 Å². The first kappa shape index (κ1) is 10.2. The first-order chi connectivity index (χ1) is 6.75. The Morgan fingerprint density at radius 1 is 1.43 bits per heavy atom. The molecule has 5 nitrogen and oxygen atoms in total. The van der Waals surface area contributed by atoms with Gasteiger partial charge in [0.15, 0.2) is 5.75 Å². The maximum absolute atomic E-state index is 10.5. The van der Waals surface area contributed by atoms with Gasteiger partial charge in [-0.2, -0.15) is 0 Å². The van der Waals surface area contributed by atoms with Gasteiger partial charge in [-0.05, 0) is 6.07 Å². The molecule has 1 rings (SSSR count). The molecule has 1 aromatic carbocycles. The molecule has 0 atom stereocenters. The summed E-state index contributed by atoms with van der Waals surface area (Å²) in [4.78, 5) is 20.0. The summed E-state index contributed by atoms with van der Waals surface area (Å²) in [6.07, 6.45) is 0.931. The van der Waals surface area contributed by atoms with Crippen LogP contribution in [0.4, 0.5) is 5.69 Å². The second kappa shape index (κ2) is 4.96. The predicted molar refractivity (Wildman–Crippen MR) is 49.3 cm³/mol. The van der Waals surface area contributed by atoms with Crippen LogP contribution in [0.3, 0.4) is 0 Å². The van der Waals surface area contributed by atoms with Crippen LogP contribution < -0.4 is 4.74 Å². The monoisotopic (exact) mass is 195 g/mol. The van der Waals surface area contributed by atoms with Crippen LogP contribution in [0.1, 0.15) is 6.42 Å². The maximum atomic E-state index is 10.5. The molecule has 74 valence electrons. The van der Waals surface area contributed by atoms with Crippen molar-refractivity contribution >= 4 is 12.0 Å². The van der Waals surface area contributed by atoms with Gasteiger partial charge in [0.05, 0.1) is 11.5 Å². The average Bonchev–Trinajstić information content (AvgIpc) is 2.19. The van der Waals surface area contributed by atoms with Crippen molar-refractivity contribution in [3.05, 3.63) is 34.4 Å². The van der Waals surface area contributed by atoms with E-state index in [0.717, 1.165) is 0 Å². The zero-order valence-corrected chi connectivity index (χ0v) is 7.38. The Bertz CT molecular complexity index is 337. The molecule has 0 aliphatic heterocycles. The maximum Gasteiger partial charge on any atom is 0.310 e. The summed E-state index contributed by atoms with van der Waals surface area (Å²) >= 11 is 0. The fraction of sp³-hybridized carbons (Fsp3) is 0.222. The summed E-state index contributed by atoms with van der Waals surface area (Å²) in [6.45, 7) is 0.161. The first-order valence-corrected chi connectivity index (χ1v) is 4.05. The molecule has 0 N–H and O–H groups in total. The molecule has 0 fully saturated rings. The molecule has 0 aliphatic carbocycles. The number of aldehydes is 1. The molecule has 0 aromatic heterocycles. The molecule has 0 heterocycles. The molecule has 0 amide bonds. The average molecular weight is 195 g/mol. The number of hydrogen-bond donors (Lipinski definition) is 0. The summed E-state index contributed by atoms with van der Waals surface area (Å²) in [5.41, 5.74) is -0.0848. The standard InChI is InChI=1S/C9H9NO4/c11-6-3-7-14-9-5-2-1-4-8(9)10(12)13/h1-2,4-6H,3,7H2. The van der Waals surface area contributed by atoms with Gasteiger partial charge in [-0.25, -0.2) is 0 Å². The highest BCUT2D eigenvalue weighted by molar-refractivity contribution is 5.50. The number of benzene rings is 1. The molecule has 14 heavy (non-hydrogen) atoms. The summed E-state index contributed by atoms with van der Waals surface area (Å²) in [5.74, 6) is 0.194. The van der Waals surface area contributed by atoms with Gasteiger partial charge in [0.25, 0.3) is 0 Å². The van der Waals surface area contributed by atoms with E-state index in [2.05, 4.69) is 0 Å². The SMILES string of the molecule is O=CCCOc1ccccc1[N+](=O)[O-]. The van der Waals surface area contributed by atoms with E-state index in [9.17, 15) is 14.9 Å². The lowest BCUT2D eigenvalue weighted by Crippen LogP contribution is -2.00. The van der Waals surface area contributed by atoms with E-state index in [4.69, 9.17) is 4.74 Å². The molecule has 1 aromatic rings. The fourth-order valence-electron chi connectivity index (χ4n) is 0.947. The predicted octanol–water partition coefficient (Wildman–Crippen LogP) is 1.56. The number of nitro groups is 1. The Balaban J connectivity index is 2.74. The number of nitrogens with zero attached hydrogens (tertiary/aromatic N) is 1. The van der Waals surface area contributed by atoms with Crippen LogP contribution >= 0.6 is 0 Å². The van der Waals surface area contributed by atoms with Crippen molar-refractivity contribution in [3.63, 3.8) is 0 Å². The van der Waals surface area contributed by atoms with Gasteiger partial charge in [-0.15, -0.1) is 0 Å². The highest BCUT2D eigenvalue weighted by atomic mass is 16.6. The molecule has 0 spiro atoms. The summed E-state index contributed by atoms with van der Waals surface area (Å²) < 4.78 is 5.07. The smallest absolute Gasteiger partial charge is 0.310 e. The lowest BCUT2D eigenvalue weighted by molar-refractivity contribution is -0.385. The van der Waals surface area contributed by atoms with E-state index in [1.165, 1.54) is 12.1 Å². The third-order valence-corrected chi connectivity index (χ3v) is 1.56. The summed E-state index contributed by atoms with van der Waals surface area (Å²) in [5, 5.41) is 10.5. The van der Waals surface area contributed by atoms with Crippen LogP contribution in [0.5, 0.6) is 5.75 Å². The highest BCUT2D eigenvalue weighted by Gasteiger charge is 2.12. The Morgan fingerprint density at radius 3 is 2.79 bits per heavy atom. The van der Waals surface area contributed by atoms with Crippen molar-refractivity contribution in [1.82, 2.24) is 0 Å². The molecule has 0 radical (unpaired) electrons. The quantitative estimate of drug-likeness (QED) is 0.309. The van der Waals surface area contributed by atoms with Crippen LogP contribution in [0, 0.1) is 10.1 Å². The van der Waals surface area contributed by atoms with Crippen LogP contribution in [0.25, 0.3) is 0 Å². The van der Waals surface area contributed by atoms with Crippen molar-refractivity contribution < 1.29 is 14.5 Å². The van der Waals surface area contributed by atoms with E-state index in [1.54, 1.807) is 12.1 Å². The van der Waals surface area contributed by atoms with E-state index in [-0.39, 0.29) is 24.5 Å². The minimum absolute atomic E-state index is 0.0848. The van der Waals surface area contributed by atoms with E-state index >= 15 is 0 Å². The van der Waals surface area contributed by atoms with Crippen molar-refractivity contribution in [2.75, 3.05) is 6.61 Å². The molecule has 0 aliphatic rings. The molecule has 0 saturated heterocycles. The third-order valence-electron chi connectivity index (χ3n) is 1.56. The third kappa shape index (κ3) is 2.55. The minimum Gasteiger partial charge on any atom is -0.486 e. The van der Waals surface area contributed by atoms with Crippen LogP contribution in [0.2, 0.25) is 0 Å². The zero-order chi connectivity index (χ0) is 10.4. The van der Waals surface area contributed by atoms with Gasteiger partial charge >= 0.3 is 5.69 Å². The Hall–Kier alpha value is -1.91. The van der Waals surface area contributed by atoms with Crippen molar-refractivity contribution in [2.45, 2.75) is 6.42 Å². The summed E-state index contributed by atoms with van der Waals surface area (Å²) in [7, 11) is 0. The van der Waals surface area contributed by atoms with Crippen molar-refractivity contribution in [1.29, 1.82) is 0 Å². The number of carbonyl (C=O) groups is 1. The van der Waals surface area contributed by atoms with Crippen LogP contribution in [0.15, 0.2) is 24.3 Å². The Labute approximate surface area is 80.5 Å². The van der Waals surface area contributed by atoms with Crippen molar-refractivity contribution in [2.24, 2.45) is 0 Å². The Kier molecular flexibility index (Phi) is 3.60. The summed E-state index contributed by atoms with van der Waals surface area (Å²) in [6, 6.07) is 6.06. The largest absolute Gasteiger partial charge is 0.486 e. The zero-order valence-electron chi connectivity index (χ0n) is 7.38. The minimum atomic E-state index is -0.518. The molecular formula is C9H9NO4. The highest BCUT2D eigenvalue weighted by Crippen LogP contribution is 2.25. The topological polar surface area (TPSA) is 69.4 Å². The van der Waals surface area contributed by atoms with E-state index in [1.807, 2.05) is 0 Å². The van der Waals surface area contributed by atoms with Gasteiger partial charge in [0.2, 0.25) is 0 Å². The van der Waals surface area contributed by atoms with Gasteiger partial charge < -0.3 is 9.53 Å². The molecule has 0 saturated carbocycles. The first-order valence-electron chi connectivity index (χ1n) is 4.05. The Morgan fingerprint density at radius 2 is 2.14 bits per heavy atom. The number of carbonyl (C=O) groups excluding carboxylic acids is 1. The fourth-order valence-corrected chi connectivity index (χ4v) is 0.947. The molecular weight excluding hydrogens is 186 g/mol. The van der Waals surface area contributed by atoms with Gasteiger partial charge in [-0.3, -0.25) is 10.1 Å². The number of rotatable bonds is 5.